The van der Waals surface area contributed by atoms with E-state index in [1.54, 1.807) is 31.2 Å². The highest BCUT2D eigenvalue weighted by atomic mass is 35.5. The summed E-state index contributed by atoms with van der Waals surface area (Å²) in [7, 11) is 1.43. The fourth-order valence-electron chi connectivity index (χ4n) is 2.71. The van der Waals surface area contributed by atoms with Crippen LogP contribution in [-0.2, 0) is 4.79 Å². The van der Waals surface area contributed by atoms with Crippen LogP contribution in [0.1, 0.15) is 22.8 Å². The quantitative estimate of drug-likeness (QED) is 0.149. The fraction of sp³-hybridized carbons (Fsp3) is 0.125. The van der Waals surface area contributed by atoms with Gasteiger partial charge in [0.1, 0.15) is 5.75 Å². The lowest BCUT2D eigenvalue weighted by atomic mass is 10.2. The average molecular weight is 556 g/mol. The van der Waals surface area contributed by atoms with Crippen LogP contribution in [0.2, 0.25) is 20.1 Å². The molecule has 0 radical (unpaired) electrons. The van der Waals surface area contributed by atoms with Crippen molar-refractivity contribution in [2.75, 3.05) is 7.11 Å². The molecule has 0 spiro atoms. The normalized spacial score (nSPS) is 11.7. The second-order valence-corrected chi connectivity index (χ2v) is 8.66. The van der Waals surface area contributed by atoms with Gasteiger partial charge >= 0.3 is 5.97 Å². The molecular weight excluding hydrogens is 538 g/mol. The molecule has 11 heteroatoms. The number of nitrogens with zero attached hydrogens (tertiary/aromatic N) is 1. The van der Waals surface area contributed by atoms with Crippen LogP contribution in [0.5, 0.6) is 17.2 Å². The van der Waals surface area contributed by atoms with Crippen molar-refractivity contribution in [2.45, 2.75) is 13.0 Å². The van der Waals surface area contributed by atoms with Crippen molar-refractivity contribution in [3.63, 3.8) is 0 Å². The number of carbonyl (C=O) groups is 2. The Bertz CT molecular complexity index is 1280. The zero-order valence-corrected chi connectivity index (χ0v) is 21.4. The van der Waals surface area contributed by atoms with Gasteiger partial charge in [-0.1, -0.05) is 46.4 Å². The maximum absolute atomic E-state index is 12.4. The van der Waals surface area contributed by atoms with Gasteiger partial charge in [0.05, 0.1) is 34.0 Å². The van der Waals surface area contributed by atoms with Crippen molar-refractivity contribution in [1.29, 1.82) is 0 Å². The molecule has 0 unspecified atom stereocenters. The minimum Gasteiger partial charge on any atom is -0.493 e. The highest BCUT2D eigenvalue weighted by Crippen LogP contribution is 2.30. The number of amides is 1. The van der Waals surface area contributed by atoms with Crippen molar-refractivity contribution in [2.24, 2.45) is 5.10 Å². The van der Waals surface area contributed by atoms with Crippen molar-refractivity contribution in [3.8, 4) is 17.2 Å². The number of nitrogens with one attached hydrogen (secondary N) is 1. The first kappa shape index (κ1) is 26.6. The molecule has 1 atom stereocenters. The number of benzene rings is 3. The van der Waals surface area contributed by atoms with Gasteiger partial charge in [0, 0.05) is 5.02 Å². The number of rotatable bonds is 8. The van der Waals surface area contributed by atoms with Crippen LogP contribution >= 0.6 is 46.4 Å². The van der Waals surface area contributed by atoms with Crippen molar-refractivity contribution in [3.05, 3.63) is 85.8 Å². The number of ether oxygens (including phenoxy) is 3. The van der Waals surface area contributed by atoms with Crippen LogP contribution < -0.4 is 19.6 Å². The van der Waals surface area contributed by atoms with E-state index in [0.29, 0.717) is 21.4 Å². The third-order valence-electron chi connectivity index (χ3n) is 4.50. The molecule has 0 saturated heterocycles. The highest BCUT2D eigenvalue weighted by molar-refractivity contribution is 6.42. The first-order chi connectivity index (χ1) is 16.7. The van der Waals surface area contributed by atoms with E-state index in [0.717, 1.165) is 0 Å². The molecule has 35 heavy (non-hydrogen) atoms. The van der Waals surface area contributed by atoms with Gasteiger partial charge in [0.15, 0.2) is 17.6 Å². The number of hydrogen-bond donors (Lipinski definition) is 1. The summed E-state index contributed by atoms with van der Waals surface area (Å²) >= 11 is 23.7. The molecule has 0 saturated carbocycles. The SMILES string of the molecule is COc1cc(/C=N\NC(=O)[C@@H](C)Oc2ccc(Cl)cc2Cl)ccc1OC(=O)c1ccc(Cl)c(Cl)c1. The zero-order valence-electron chi connectivity index (χ0n) is 18.4. The molecule has 0 fully saturated rings. The Labute approximate surface area is 221 Å². The second kappa shape index (κ2) is 12.1. The van der Waals surface area contributed by atoms with Crippen LogP contribution in [0, 0.1) is 0 Å². The Morgan fingerprint density at radius 3 is 2.31 bits per heavy atom. The lowest BCUT2D eigenvalue weighted by Gasteiger charge is -2.14. The van der Waals surface area contributed by atoms with E-state index >= 15 is 0 Å². The summed E-state index contributed by atoms with van der Waals surface area (Å²) < 4.78 is 16.3. The zero-order chi connectivity index (χ0) is 25.5. The van der Waals surface area contributed by atoms with Crippen molar-refractivity contribution in [1.82, 2.24) is 5.43 Å². The second-order valence-electron chi connectivity index (χ2n) is 7.00. The monoisotopic (exact) mass is 554 g/mol. The number of halogens is 4. The molecule has 7 nitrogen and oxygen atoms in total. The lowest BCUT2D eigenvalue weighted by molar-refractivity contribution is -0.127. The average Bonchev–Trinajstić information content (AvgIpc) is 2.83. The summed E-state index contributed by atoms with van der Waals surface area (Å²) in [5.74, 6) is -0.343. The minimum absolute atomic E-state index is 0.187. The van der Waals surface area contributed by atoms with Crippen LogP contribution in [0.4, 0.5) is 0 Å². The molecule has 0 aliphatic carbocycles. The Kier molecular flexibility index (Phi) is 9.23. The van der Waals surface area contributed by atoms with E-state index in [1.165, 1.54) is 43.7 Å². The van der Waals surface area contributed by atoms with E-state index in [1.807, 2.05) is 0 Å². The smallest absolute Gasteiger partial charge is 0.343 e. The van der Waals surface area contributed by atoms with Crippen molar-refractivity contribution >= 4 is 64.5 Å². The number of carbonyl (C=O) groups excluding carboxylic acids is 2. The number of methoxy groups -OCH3 is 1. The Hall–Kier alpha value is -2.97. The van der Waals surface area contributed by atoms with Crippen LogP contribution in [0.3, 0.4) is 0 Å². The largest absolute Gasteiger partial charge is 0.493 e. The molecular formula is C24H18Cl4N2O5. The van der Waals surface area contributed by atoms with Crippen molar-refractivity contribution < 1.29 is 23.8 Å². The Morgan fingerprint density at radius 2 is 1.63 bits per heavy atom. The number of hydrazone groups is 1. The first-order valence-electron chi connectivity index (χ1n) is 9.98. The topological polar surface area (TPSA) is 86.2 Å². The molecule has 0 aliphatic rings. The fourth-order valence-corrected chi connectivity index (χ4v) is 3.46. The molecule has 3 aromatic carbocycles. The highest BCUT2D eigenvalue weighted by Gasteiger charge is 2.16. The number of esters is 1. The first-order valence-corrected chi connectivity index (χ1v) is 11.5. The van der Waals surface area contributed by atoms with E-state index in [9.17, 15) is 9.59 Å². The van der Waals surface area contributed by atoms with Gasteiger partial charge in [0.2, 0.25) is 0 Å². The van der Waals surface area contributed by atoms with Gasteiger partial charge in [-0.25, -0.2) is 10.2 Å². The molecule has 0 bridgehead atoms. The predicted octanol–water partition coefficient (Wildman–Crippen LogP) is 6.45. The molecule has 3 rings (SSSR count). The lowest BCUT2D eigenvalue weighted by Crippen LogP contribution is -2.33. The van der Waals surface area contributed by atoms with Gasteiger partial charge in [-0.05, 0) is 67.1 Å². The minimum atomic E-state index is -0.872. The molecule has 182 valence electrons. The molecule has 0 aliphatic heterocycles. The summed E-state index contributed by atoms with van der Waals surface area (Å²) in [6, 6.07) is 13.8. The van der Waals surface area contributed by atoms with E-state index in [2.05, 4.69) is 10.5 Å². The van der Waals surface area contributed by atoms with Gasteiger partial charge in [0.25, 0.3) is 5.91 Å². The molecule has 1 amide bonds. The third-order valence-corrected chi connectivity index (χ3v) is 5.77. The van der Waals surface area contributed by atoms with E-state index in [-0.39, 0.29) is 27.1 Å². The summed E-state index contributed by atoms with van der Waals surface area (Å²) in [6.07, 6.45) is 0.524. The van der Waals surface area contributed by atoms with Crippen LogP contribution in [-0.4, -0.2) is 31.3 Å². The van der Waals surface area contributed by atoms with Gasteiger partial charge in [-0.2, -0.15) is 5.10 Å². The Morgan fingerprint density at radius 1 is 0.886 bits per heavy atom. The summed E-state index contributed by atoms with van der Waals surface area (Å²) in [4.78, 5) is 24.7. The molecule has 0 heterocycles. The summed E-state index contributed by atoms with van der Waals surface area (Å²) in [6.45, 7) is 1.55. The van der Waals surface area contributed by atoms with Crippen LogP contribution in [0.25, 0.3) is 0 Å². The molecule has 0 aromatic heterocycles. The van der Waals surface area contributed by atoms with E-state index < -0.39 is 18.0 Å². The van der Waals surface area contributed by atoms with Crippen LogP contribution in [0.15, 0.2) is 59.7 Å². The standard InChI is InChI=1S/C24H18Cl4N2O5/c1-13(34-20-8-5-16(25)11-19(20)28)23(31)30-29-12-14-3-7-21(22(9-14)33-2)35-24(32)15-4-6-17(26)18(27)10-15/h3-13H,1-2H3,(H,30,31)/b29-12-/t13-/m1/s1. The summed E-state index contributed by atoms with van der Waals surface area (Å²) in [5, 5.41) is 5.22. The predicted molar refractivity (Wildman–Crippen MR) is 137 cm³/mol. The number of hydrogen-bond acceptors (Lipinski definition) is 6. The van der Waals surface area contributed by atoms with Gasteiger partial charge in [-0.3, -0.25) is 4.79 Å². The maximum atomic E-state index is 12.4. The summed E-state index contributed by atoms with van der Waals surface area (Å²) in [5.41, 5.74) is 3.19. The molecule has 1 N–H and O–H groups in total. The maximum Gasteiger partial charge on any atom is 0.343 e. The third kappa shape index (κ3) is 7.26. The van der Waals surface area contributed by atoms with Gasteiger partial charge < -0.3 is 14.2 Å². The Balaban J connectivity index is 1.61. The van der Waals surface area contributed by atoms with E-state index in [4.69, 9.17) is 60.6 Å². The molecule has 3 aromatic rings. The van der Waals surface area contributed by atoms with Gasteiger partial charge in [-0.15, -0.1) is 0 Å².